The van der Waals surface area contributed by atoms with E-state index < -0.39 is 5.51 Å². The van der Waals surface area contributed by atoms with Gasteiger partial charge in [-0.1, -0.05) is 42.5 Å². The van der Waals surface area contributed by atoms with Crippen molar-refractivity contribution in [1.82, 2.24) is 15.1 Å². The molecule has 3 rings (SSSR count). The number of hydrogen-bond donors (Lipinski definition) is 1. The molecule has 136 valence electrons. The monoisotopic (exact) mass is 377 g/mol. The summed E-state index contributed by atoms with van der Waals surface area (Å²) in [4.78, 5) is 0.198. The zero-order valence-corrected chi connectivity index (χ0v) is 14.7. The van der Waals surface area contributed by atoms with E-state index in [4.69, 9.17) is 0 Å². The molecule has 0 radical (unpaired) electrons. The third-order valence-corrected chi connectivity index (χ3v) is 4.43. The molecule has 1 N–H and O–H groups in total. The maximum Gasteiger partial charge on any atom is 0.446 e. The largest absolute Gasteiger partial charge is 0.446 e. The van der Waals surface area contributed by atoms with Gasteiger partial charge in [-0.3, -0.25) is 4.68 Å². The van der Waals surface area contributed by atoms with Crippen molar-refractivity contribution in [2.75, 3.05) is 0 Å². The van der Waals surface area contributed by atoms with Gasteiger partial charge in [-0.15, -0.1) is 0 Å². The van der Waals surface area contributed by atoms with Gasteiger partial charge in [0, 0.05) is 29.7 Å². The summed E-state index contributed by atoms with van der Waals surface area (Å²) >= 11 is -0.0979. The highest BCUT2D eigenvalue weighted by Crippen LogP contribution is 2.36. The van der Waals surface area contributed by atoms with Gasteiger partial charge < -0.3 is 5.32 Å². The van der Waals surface area contributed by atoms with E-state index in [1.807, 2.05) is 35.3 Å². The van der Waals surface area contributed by atoms with Gasteiger partial charge in [-0.25, -0.2) is 0 Å². The van der Waals surface area contributed by atoms with E-state index in [9.17, 15) is 13.2 Å². The molecule has 1 aromatic heterocycles. The summed E-state index contributed by atoms with van der Waals surface area (Å²) in [5.41, 5.74) is -1.06. The second kappa shape index (κ2) is 8.42. The summed E-state index contributed by atoms with van der Waals surface area (Å²) in [6, 6.07) is 16.5. The van der Waals surface area contributed by atoms with Gasteiger partial charge >= 0.3 is 5.51 Å². The predicted molar refractivity (Wildman–Crippen MR) is 96.7 cm³/mol. The van der Waals surface area contributed by atoms with E-state index >= 15 is 0 Å². The van der Waals surface area contributed by atoms with Crippen LogP contribution in [0.15, 0.2) is 71.9 Å². The minimum atomic E-state index is -4.25. The van der Waals surface area contributed by atoms with E-state index in [0.717, 1.165) is 17.7 Å². The fourth-order valence-corrected chi connectivity index (χ4v) is 3.05. The van der Waals surface area contributed by atoms with Crippen LogP contribution in [0.1, 0.15) is 16.7 Å². The summed E-state index contributed by atoms with van der Waals surface area (Å²) < 4.78 is 38.8. The molecule has 0 bridgehead atoms. The number of benzene rings is 2. The van der Waals surface area contributed by atoms with Crippen LogP contribution >= 0.6 is 11.8 Å². The topological polar surface area (TPSA) is 29.9 Å². The van der Waals surface area contributed by atoms with Crippen molar-refractivity contribution in [2.45, 2.75) is 30.0 Å². The van der Waals surface area contributed by atoms with E-state index in [0.29, 0.717) is 13.1 Å². The van der Waals surface area contributed by atoms with Crippen molar-refractivity contribution in [1.29, 1.82) is 0 Å². The Balaban J connectivity index is 1.46. The van der Waals surface area contributed by atoms with Crippen molar-refractivity contribution in [3.05, 3.63) is 83.7 Å². The number of thioether (sulfide) groups is 1. The molecule has 0 aliphatic carbocycles. The Morgan fingerprint density at radius 1 is 0.885 bits per heavy atom. The van der Waals surface area contributed by atoms with Crippen LogP contribution in [-0.2, 0) is 19.6 Å². The fraction of sp³-hybridized carbons (Fsp3) is 0.211. The molecular formula is C19H18F3N3S. The molecule has 2 aromatic carbocycles. The number of rotatable bonds is 7. The molecular weight excluding hydrogens is 359 g/mol. The third kappa shape index (κ3) is 5.93. The van der Waals surface area contributed by atoms with Crippen LogP contribution in [0, 0.1) is 0 Å². The van der Waals surface area contributed by atoms with E-state index in [1.54, 1.807) is 12.1 Å². The zero-order valence-electron chi connectivity index (χ0n) is 13.9. The summed E-state index contributed by atoms with van der Waals surface area (Å²) in [6.45, 7) is 1.95. The minimum absolute atomic E-state index is 0.0979. The van der Waals surface area contributed by atoms with Gasteiger partial charge in [0.2, 0.25) is 0 Å². The molecule has 0 unspecified atom stereocenters. The van der Waals surface area contributed by atoms with E-state index in [-0.39, 0.29) is 16.7 Å². The highest BCUT2D eigenvalue weighted by molar-refractivity contribution is 8.00. The lowest BCUT2D eigenvalue weighted by Crippen LogP contribution is -2.12. The SMILES string of the molecule is FC(F)(F)Sc1ccc(CNCc2cnn(Cc3ccccc3)c2)cc1. The molecule has 0 spiro atoms. The van der Waals surface area contributed by atoms with Gasteiger partial charge in [0.15, 0.2) is 0 Å². The number of nitrogens with one attached hydrogen (secondary N) is 1. The van der Waals surface area contributed by atoms with Crippen molar-refractivity contribution >= 4 is 11.8 Å². The lowest BCUT2D eigenvalue weighted by molar-refractivity contribution is -0.0328. The highest BCUT2D eigenvalue weighted by atomic mass is 32.2. The minimum Gasteiger partial charge on any atom is -0.309 e. The average molecular weight is 377 g/mol. The first-order valence-electron chi connectivity index (χ1n) is 8.08. The second-order valence-corrected chi connectivity index (χ2v) is 6.97. The smallest absolute Gasteiger partial charge is 0.309 e. The van der Waals surface area contributed by atoms with Crippen LogP contribution < -0.4 is 5.32 Å². The van der Waals surface area contributed by atoms with Crippen molar-refractivity contribution in [3.8, 4) is 0 Å². The summed E-state index contributed by atoms with van der Waals surface area (Å²) in [5, 5.41) is 7.63. The van der Waals surface area contributed by atoms with Crippen LogP contribution in [0.3, 0.4) is 0 Å². The summed E-state index contributed by atoms with van der Waals surface area (Å²) in [6.07, 6.45) is 3.81. The fourth-order valence-electron chi connectivity index (χ4n) is 2.51. The van der Waals surface area contributed by atoms with Crippen LogP contribution in [0.25, 0.3) is 0 Å². The molecule has 0 aliphatic rings. The van der Waals surface area contributed by atoms with Crippen LogP contribution in [0.4, 0.5) is 13.2 Å². The van der Waals surface area contributed by atoms with Gasteiger partial charge in [0.05, 0.1) is 12.7 Å². The molecule has 3 nitrogen and oxygen atoms in total. The lowest BCUT2D eigenvalue weighted by Gasteiger charge is -2.07. The maximum atomic E-state index is 12.3. The normalized spacial score (nSPS) is 11.7. The quantitative estimate of drug-likeness (QED) is 0.598. The highest BCUT2D eigenvalue weighted by Gasteiger charge is 2.28. The Kier molecular flexibility index (Phi) is 6.00. The standard InChI is InChI=1S/C19H18F3N3S/c20-19(21,22)26-18-8-6-15(7-9-18)10-23-11-17-12-24-25(14-17)13-16-4-2-1-3-5-16/h1-9,12,14,23H,10-11,13H2. The van der Waals surface area contributed by atoms with Crippen molar-refractivity contribution in [3.63, 3.8) is 0 Å². The zero-order chi connectivity index (χ0) is 18.4. The maximum absolute atomic E-state index is 12.3. The van der Waals surface area contributed by atoms with Crippen LogP contribution in [0.2, 0.25) is 0 Å². The molecule has 1 heterocycles. The first-order valence-corrected chi connectivity index (χ1v) is 8.90. The Labute approximate surface area is 154 Å². The number of alkyl halides is 3. The summed E-state index contributed by atoms with van der Waals surface area (Å²) in [5.74, 6) is 0. The van der Waals surface area contributed by atoms with E-state index in [1.165, 1.54) is 17.7 Å². The number of halogens is 3. The molecule has 0 aliphatic heterocycles. The Morgan fingerprint density at radius 2 is 1.58 bits per heavy atom. The van der Waals surface area contributed by atoms with Crippen LogP contribution in [-0.4, -0.2) is 15.3 Å². The Morgan fingerprint density at radius 3 is 2.27 bits per heavy atom. The first kappa shape index (κ1) is 18.5. The molecule has 0 saturated carbocycles. The number of aromatic nitrogens is 2. The van der Waals surface area contributed by atoms with Gasteiger partial charge in [0.1, 0.15) is 0 Å². The first-order chi connectivity index (χ1) is 12.5. The molecule has 3 aromatic rings. The number of hydrogen-bond acceptors (Lipinski definition) is 3. The predicted octanol–water partition coefficient (Wildman–Crippen LogP) is 4.83. The van der Waals surface area contributed by atoms with Crippen molar-refractivity contribution in [2.24, 2.45) is 0 Å². The van der Waals surface area contributed by atoms with E-state index in [2.05, 4.69) is 22.5 Å². The molecule has 0 saturated heterocycles. The number of nitrogens with zero attached hydrogens (tertiary/aromatic N) is 2. The average Bonchev–Trinajstić information content (AvgIpc) is 3.03. The Hall–Kier alpha value is -2.25. The Bertz CT molecular complexity index is 814. The second-order valence-electron chi connectivity index (χ2n) is 5.83. The third-order valence-electron chi connectivity index (χ3n) is 3.69. The van der Waals surface area contributed by atoms with Gasteiger partial charge in [0.25, 0.3) is 0 Å². The molecule has 0 atom stereocenters. The molecule has 0 fully saturated rings. The van der Waals surface area contributed by atoms with Crippen molar-refractivity contribution < 1.29 is 13.2 Å². The van der Waals surface area contributed by atoms with Gasteiger partial charge in [-0.2, -0.15) is 18.3 Å². The molecule has 26 heavy (non-hydrogen) atoms. The lowest BCUT2D eigenvalue weighted by atomic mass is 10.2. The van der Waals surface area contributed by atoms with Crippen LogP contribution in [0.5, 0.6) is 0 Å². The summed E-state index contributed by atoms with van der Waals surface area (Å²) in [7, 11) is 0. The van der Waals surface area contributed by atoms with Gasteiger partial charge in [-0.05, 0) is 35.0 Å². The molecule has 0 amide bonds. The molecule has 7 heteroatoms.